The van der Waals surface area contributed by atoms with Crippen molar-refractivity contribution in [1.29, 1.82) is 0 Å². The molecule has 0 saturated heterocycles. The van der Waals surface area contributed by atoms with Crippen molar-refractivity contribution in [2.45, 2.75) is 39.2 Å². The van der Waals surface area contributed by atoms with Gasteiger partial charge in [-0.05, 0) is 36.4 Å². The Hall–Kier alpha value is -1.39. The van der Waals surface area contributed by atoms with Gasteiger partial charge in [-0.3, -0.25) is 4.79 Å². The number of aliphatic hydroxyl groups is 1. The monoisotopic (exact) mass is 279 g/mol. The maximum Gasteiger partial charge on any atom is 0.306 e. The Morgan fingerprint density at radius 1 is 1.30 bits per heavy atom. The Labute approximate surface area is 120 Å². The number of aliphatic hydroxyl groups excluding tert-OH is 1. The zero-order valence-electron chi connectivity index (χ0n) is 12.3. The van der Waals surface area contributed by atoms with Crippen LogP contribution in [0.1, 0.15) is 43.7 Å². The minimum atomic E-state index is -0.185. The van der Waals surface area contributed by atoms with Crippen molar-refractivity contribution in [3.63, 3.8) is 0 Å². The Morgan fingerprint density at radius 2 is 1.95 bits per heavy atom. The topological polar surface area (TPSA) is 72.5 Å². The van der Waals surface area contributed by atoms with Gasteiger partial charge in [0.25, 0.3) is 0 Å². The fourth-order valence-electron chi connectivity index (χ4n) is 2.44. The Morgan fingerprint density at radius 3 is 2.40 bits per heavy atom. The third kappa shape index (κ3) is 4.62. The van der Waals surface area contributed by atoms with Gasteiger partial charge in [-0.15, -0.1) is 0 Å². The summed E-state index contributed by atoms with van der Waals surface area (Å²) < 4.78 is 5.06. The van der Waals surface area contributed by atoms with E-state index >= 15 is 0 Å². The van der Waals surface area contributed by atoms with Crippen LogP contribution in [0.15, 0.2) is 24.3 Å². The lowest BCUT2D eigenvalue weighted by molar-refractivity contribution is -0.143. The van der Waals surface area contributed by atoms with Crippen LogP contribution >= 0.6 is 0 Å². The molecule has 1 aromatic rings. The van der Waals surface area contributed by atoms with Crippen molar-refractivity contribution >= 4 is 5.97 Å². The normalized spacial score (nSPS) is 13.8. The van der Waals surface area contributed by atoms with Crippen LogP contribution in [0.5, 0.6) is 0 Å². The molecule has 0 amide bonds. The van der Waals surface area contributed by atoms with E-state index in [1.54, 1.807) is 0 Å². The Balaban J connectivity index is 2.92. The first-order valence-corrected chi connectivity index (χ1v) is 7.21. The largest absolute Gasteiger partial charge is 0.466 e. The summed E-state index contributed by atoms with van der Waals surface area (Å²) in [4.78, 5) is 11.8. The lowest BCUT2D eigenvalue weighted by Gasteiger charge is -2.25. The zero-order chi connectivity index (χ0) is 15.0. The number of benzene rings is 1. The first-order valence-electron chi connectivity index (χ1n) is 7.21. The van der Waals surface area contributed by atoms with Crippen molar-refractivity contribution < 1.29 is 14.6 Å². The predicted octanol–water partition coefficient (Wildman–Crippen LogP) is 2.20. The second-order valence-electron chi connectivity index (χ2n) is 4.92. The smallest absolute Gasteiger partial charge is 0.306 e. The van der Waals surface area contributed by atoms with E-state index in [4.69, 9.17) is 15.6 Å². The molecule has 0 aromatic heterocycles. The van der Waals surface area contributed by atoms with E-state index in [0.717, 1.165) is 17.5 Å². The van der Waals surface area contributed by atoms with Crippen molar-refractivity contribution in [3.05, 3.63) is 35.4 Å². The van der Waals surface area contributed by atoms with Crippen molar-refractivity contribution in [1.82, 2.24) is 0 Å². The number of nitrogens with two attached hydrogens (primary N) is 1. The van der Waals surface area contributed by atoms with Gasteiger partial charge in [-0.25, -0.2) is 0 Å². The van der Waals surface area contributed by atoms with E-state index in [1.165, 1.54) is 0 Å². The highest BCUT2D eigenvalue weighted by atomic mass is 16.5. The number of carbonyl (C=O) groups excluding carboxylic acids is 1. The Kier molecular flexibility index (Phi) is 7.26. The summed E-state index contributed by atoms with van der Waals surface area (Å²) in [5, 5.41) is 9.09. The van der Waals surface area contributed by atoms with E-state index in [-0.39, 0.29) is 24.4 Å². The van der Waals surface area contributed by atoms with E-state index in [2.05, 4.69) is 6.92 Å². The fraction of sp³-hybridized carbons (Fsp3) is 0.562. The summed E-state index contributed by atoms with van der Waals surface area (Å²) >= 11 is 0. The highest BCUT2D eigenvalue weighted by Crippen LogP contribution is 2.30. The molecule has 112 valence electrons. The quantitative estimate of drug-likeness (QED) is 0.716. The van der Waals surface area contributed by atoms with Crippen LogP contribution in [0, 0.1) is 5.92 Å². The second kappa shape index (κ2) is 8.72. The molecule has 2 atom stereocenters. The minimum absolute atomic E-state index is 0.0247. The number of carbonyl (C=O) groups is 1. The number of ether oxygens (including phenoxy) is 1. The third-order valence-corrected chi connectivity index (χ3v) is 3.68. The van der Waals surface area contributed by atoms with Crippen molar-refractivity contribution in [3.8, 4) is 0 Å². The van der Waals surface area contributed by atoms with Gasteiger partial charge in [0.15, 0.2) is 0 Å². The summed E-state index contributed by atoms with van der Waals surface area (Å²) in [5.74, 6) is 0.131. The average molecular weight is 279 g/mol. The second-order valence-corrected chi connectivity index (χ2v) is 4.92. The number of rotatable bonds is 8. The molecule has 1 rings (SSSR count). The van der Waals surface area contributed by atoms with Crippen LogP contribution in [0.2, 0.25) is 0 Å². The molecule has 4 heteroatoms. The molecule has 0 heterocycles. The van der Waals surface area contributed by atoms with E-state index in [1.807, 2.05) is 31.2 Å². The molecule has 0 radical (unpaired) electrons. The van der Waals surface area contributed by atoms with Gasteiger partial charge in [0.2, 0.25) is 0 Å². The molecule has 0 aliphatic carbocycles. The summed E-state index contributed by atoms with van der Waals surface area (Å²) in [6.07, 6.45) is 1.27. The molecule has 3 N–H and O–H groups in total. The first kappa shape index (κ1) is 16.7. The lowest BCUT2D eigenvalue weighted by Crippen LogP contribution is -2.24. The van der Waals surface area contributed by atoms with Crippen LogP contribution < -0.4 is 5.73 Å². The summed E-state index contributed by atoms with van der Waals surface area (Å²) in [6.45, 7) is 4.86. The molecule has 0 fully saturated rings. The summed E-state index contributed by atoms with van der Waals surface area (Å²) in [5.41, 5.74) is 7.78. The molecule has 2 unspecified atom stereocenters. The van der Waals surface area contributed by atoms with Crippen LogP contribution in [0.4, 0.5) is 0 Å². The van der Waals surface area contributed by atoms with E-state index in [0.29, 0.717) is 19.6 Å². The third-order valence-electron chi connectivity index (χ3n) is 3.68. The van der Waals surface area contributed by atoms with Crippen LogP contribution in [-0.4, -0.2) is 24.2 Å². The fourth-order valence-corrected chi connectivity index (χ4v) is 2.44. The SMILES string of the molecule is CCOC(=O)CC(c1ccc(CO)cc1)C(CC)CN. The summed E-state index contributed by atoms with van der Waals surface area (Å²) in [7, 11) is 0. The molecule has 0 aliphatic rings. The van der Waals surface area contributed by atoms with Gasteiger partial charge in [-0.1, -0.05) is 37.6 Å². The molecule has 0 aliphatic heterocycles. The van der Waals surface area contributed by atoms with Gasteiger partial charge >= 0.3 is 5.97 Å². The maximum atomic E-state index is 11.8. The minimum Gasteiger partial charge on any atom is -0.466 e. The molecule has 0 spiro atoms. The maximum absolute atomic E-state index is 11.8. The molecule has 1 aromatic carbocycles. The first-order chi connectivity index (χ1) is 9.65. The molecule has 20 heavy (non-hydrogen) atoms. The van der Waals surface area contributed by atoms with Crippen LogP contribution in [0.25, 0.3) is 0 Å². The number of esters is 1. The molecule has 4 nitrogen and oxygen atoms in total. The number of hydrogen-bond acceptors (Lipinski definition) is 4. The molecule has 0 saturated carbocycles. The summed E-state index contributed by atoms with van der Waals surface area (Å²) in [6, 6.07) is 7.70. The van der Waals surface area contributed by atoms with Gasteiger partial charge < -0.3 is 15.6 Å². The van der Waals surface area contributed by atoms with Crippen LogP contribution in [0.3, 0.4) is 0 Å². The van der Waals surface area contributed by atoms with Crippen molar-refractivity contribution in [2.75, 3.05) is 13.2 Å². The zero-order valence-corrected chi connectivity index (χ0v) is 12.3. The molecule has 0 bridgehead atoms. The van der Waals surface area contributed by atoms with Gasteiger partial charge in [-0.2, -0.15) is 0 Å². The van der Waals surface area contributed by atoms with Gasteiger partial charge in [0.05, 0.1) is 19.6 Å². The van der Waals surface area contributed by atoms with Crippen molar-refractivity contribution in [2.24, 2.45) is 11.7 Å². The predicted molar refractivity (Wildman–Crippen MR) is 79.2 cm³/mol. The lowest BCUT2D eigenvalue weighted by atomic mass is 9.82. The molecular formula is C16H25NO3. The highest BCUT2D eigenvalue weighted by Gasteiger charge is 2.24. The van der Waals surface area contributed by atoms with Gasteiger partial charge in [0.1, 0.15) is 0 Å². The standard InChI is InChI=1S/C16H25NO3/c1-3-13(10-17)15(9-16(19)20-4-2)14-7-5-12(11-18)6-8-14/h5-8,13,15,18H,3-4,9-11,17H2,1-2H3. The average Bonchev–Trinajstić information content (AvgIpc) is 2.48. The van der Waals surface area contributed by atoms with Crippen LogP contribution in [-0.2, 0) is 16.1 Å². The number of hydrogen-bond donors (Lipinski definition) is 2. The van der Waals surface area contributed by atoms with E-state index < -0.39 is 0 Å². The highest BCUT2D eigenvalue weighted by molar-refractivity contribution is 5.70. The Bertz CT molecular complexity index is 399. The molecular weight excluding hydrogens is 254 g/mol. The van der Waals surface area contributed by atoms with E-state index in [9.17, 15) is 4.79 Å². The van der Waals surface area contributed by atoms with Gasteiger partial charge in [0, 0.05) is 0 Å².